The predicted molar refractivity (Wildman–Crippen MR) is 62.8 cm³/mol. The largest absolute Gasteiger partial charge is 0.325 e. The molecule has 1 fully saturated rings. The second-order valence-electron chi connectivity index (χ2n) is 5.39. The standard InChI is InChI=1S/C12H24N2O/c1-9(2)6-11-7-14(8-11)12(15)13(5)10(3)4/h9-11H,6-8H2,1-5H3. The maximum atomic E-state index is 11.8. The summed E-state index contributed by atoms with van der Waals surface area (Å²) in [5, 5.41) is 0. The van der Waals surface area contributed by atoms with Crippen LogP contribution in [0, 0.1) is 11.8 Å². The van der Waals surface area contributed by atoms with Crippen LogP contribution in [-0.2, 0) is 0 Å². The second kappa shape index (κ2) is 4.86. The molecule has 0 spiro atoms. The molecule has 15 heavy (non-hydrogen) atoms. The van der Waals surface area contributed by atoms with Crippen LogP contribution in [0.2, 0.25) is 0 Å². The summed E-state index contributed by atoms with van der Waals surface area (Å²) in [4.78, 5) is 15.6. The van der Waals surface area contributed by atoms with Gasteiger partial charge in [-0.1, -0.05) is 13.8 Å². The topological polar surface area (TPSA) is 23.6 Å². The minimum Gasteiger partial charge on any atom is -0.325 e. The summed E-state index contributed by atoms with van der Waals surface area (Å²) in [7, 11) is 1.88. The third kappa shape index (κ3) is 3.11. The molecule has 2 amide bonds. The first-order valence-electron chi connectivity index (χ1n) is 5.93. The average molecular weight is 212 g/mol. The van der Waals surface area contributed by atoms with Gasteiger partial charge in [-0.2, -0.15) is 0 Å². The van der Waals surface area contributed by atoms with E-state index in [2.05, 4.69) is 13.8 Å². The van der Waals surface area contributed by atoms with E-state index in [4.69, 9.17) is 0 Å². The van der Waals surface area contributed by atoms with Crippen LogP contribution >= 0.6 is 0 Å². The molecule has 0 bridgehead atoms. The lowest BCUT2D eigenvalue weighted by Crippen LogP contribution is -2.55. The van der Waals surface area contributed by atoms with E-state index in [1.54, 1.807) is 0 Å². The number of hydrogen-bond donors (Lipinski definition) is 0. The molecule has 1 aliphatic heterocycles. The Kier molecular flexibility index (Phi) is 4.00. The summed E-state index contributed by atoms with van der Waals surface area (Å²) in [5.41, 5.74) is 0. The van der Waals surface area contributed by atoms with Gasteiger partial charge in [-0.3, -0.25) is 0 Å². The van der Waals surface area contributed by atoms with Gasteiger partial charge in [-0.05, 0) is 32.1 Å². The molecule has 0 radical (unpaired) electrons. The molecule has 0 aromatic rings. The molecule has 0 unspecified atom stereocenters. The average Bonchev–Trinajstić information content (AvgIpc) is 2.07. The Morgan fingerprint density at radius 3 is 2.27 bits per heavy atom. The molecule has 1 aliphatic rings. The number of hydrogen-bond acceptors (Lipinski definition) is 1. The molecule has 0 saturated carbocycles. The van der Waals surface area contributed by atoms with Crippen LogP contribution in [-0.4, -0.2) is 42.0 Å². The van der Waals surface area contributed by atoms with Crippen LogP contribution in [0.3, 0.4) is 0 Å². The van der Waals surface area contributed by atoms with Gasteiger partial charge in [0.05, 0.1) is 0 Å². The van der Waals surface area contributed by atoms with Crippen LogP contribution in [0.15, 0.2) is 0 Å². The van der Waals surface area contributed by atoms with E-state index in [0.717, 1.165) is 24.9 Å². The number of amides is 2. The number of urea groups is 1. The van der Waals surface area contributed by atoms with Crippen molar-refractivity contribution >= 4 is 6.03 Å². The fourth-order valence-electron chi connectivity index (χ4n) is 1.99. The van der Waals surface area contributed by atoms with Gasteiger partial charge >= 0.3 is 6.03 Å². The van der Waals surface area contributed by atoms with Crippen LogP contribution < -0.4 is 0 Å². The third-order valence-electron chi connectivity index (χ3n) is 3.11. The van der Waals surface area contributed by atoms with Crippen molar-refractivity contribution in [3.05, 3.63) is 0 Å². The molecule has 88 valence electrons. The van der Waals surface area contributed by atoms with E-state index >= 15 is 0 Å². The second-order valence-corrected chi connectivity index (χ2v) is 5.39. The van der Waals surface area contributed by atoms with Crippen molar-refractivity contribution in [1.29, 1.82) is 0 Å². The predicted octanol–water partition coefficient (Wildman–Crippen LogP) is 2.42. The van der Waals surface area contributed by atoms with Crippen molar-refractivity contribution in [1.82, 2.24) is 9.80 Å². The van der Waals surface area contributed by atoms with Gasteiger partial charge in [-0.15, -0.1) is 0 Å². The Hall–Kier alpha value is -0.730. The van der Waals surface area contributed by atoms with Crippen LogP contribution in [0.4, 0.5) is 4.79 Å². The van der Waals surface area contributed by atoms with E-state index in [1.807, 2.05) is 30.7 Å². The van der Waals surface area contributed by atoms with E-state index in [-0.39, 0.29) is 6.03 Å². The van der Waals surface area contributed by atoms with E-state index in [1.165, 1.54) is 6.42 Å². The Morgan fingerprint density at radius 1 is 1.33 bits per heavy atom. The highest BCUT2D eigenvalue weighted by Crippen LogP contribution is 2.24. The lowest BCUT2D eigenvalue weighted by atomic mass is 9.91. The summed E-state index contributed by atoms with van der Waals surface area (Å²) in [6.45, 7) is 10.5. The lowest BCUT2D eigenvalue weighted by Gasteiger charge is -2.42. The van der Waals surface area contributed by atoms with Crippen molar-refractivity contribution in [3.8, 4) is 0 Å². The first-order chi connectivity index (χ1) is 6.91. The zero-order valence-corrected chi connectivity index (χ0v) is 10.7. The summed E-state index contributed by atoms with van der Waals surface area (Å²) >= 11 is 0. The van der Waals surface area contributed by atoms with Gasteiger partial charge in [0.15, 0.2) is 0 Å². The minimum absolute atomic E-state index is 0.185. The lowest BCUT2D eigenvalue weighted by molar-refractivity contribution is 0.0809. The summed E-state index contributed by atoms with van der Waals surface area (Å²) in [6.07, 6.45) is 1.25. The Bertz CT molecular complexity index is 220. The number of likely N-dealkylation sites (tertiary alicyclic amines) is 1. The fourth-order valence-corrected chi connectivity index (χ4v) is 1.99. The van der Waals surface area contributed by atoms with Gasteiger partial charge in [0.25, 0.3) is 0 Å². The van der Waals surface area contributed by atoms with Crippen molar-refractivity contribution in [2.75, 3.05) is 20.1 Å². The van der Waals surface area contributed by atoms with Crippen LogP contribution in [0.1, 0.15) is 34.1 Å². The molecule has 1 heterocycles. The molecule has 0 atom stereocenters. The number of carbonyl (C=O) groups is 1. The summed E-state index contributed by atoms with van der Waals surface area (Å²) < 4.78 is 0. The SMILES string of the molecule is CC(C)CC1CN(C(=O)N(C)C(C)C)C1. The molecular formula is C12H24N2O. The van der Waals surface area contributed by atoms with Gasteiger partial charge in [0.1, 0.15) is 0 Å². The van der Waals surface area contributed by atoms with E-state index in [0.29, 0.717) is 6.04 Å². The first-order valence-corrected chi connectivity index (χ1v) is 5.93. The highest BCUT2D eigenvalue weighted by molar-refractivity contribution is 5.75. The van der Waals surface area contributed by atoms with Crippen molar-refractivity contribution in [2.24, 2.45) is 11.8 Å². The zero-order valence-electron chi connectivity index (χ0n) is 10.7. The van der Waals surface area contributed by atoms with E-state index < -0.39 is 0 Å². The Morgan fingerprint density at radius 2 is 1.87 bits per heavy atom. The monoisotopic (exact) mass is 212 g/mol. The first kappa shape index (κ1) is 12.3. The molecule has 0 N–H and O–H groups in total. The van der Waals surface area contributed by atoms with Crippen LogP contribution in [0.25, 0.3) is 0 Å². The van der Waals surface area contributed by atoms with Crippen LogP contribution in [0.5, 0.6) is 0 Å². The highest BCUT2D eigenvalue weighted by atomic mass is 16.2. The highest BCUT2D eigenvalue weighted by Gasteiger charge is 2.32. The maximum absolute atomic E-state index is 11.8. The maximum Gasteiger partial charge on any atom is 0.319 e. The molecule has 3 nitrogen and oxygen atoms in total. The van der Waals surface area contributed by atoms with Crippen molar-refractivity contribution in [3.63, 3.8) is 0 Å². The third-order valence-corrected chi connectivity index (χ3v) is 3.11. The molecule has 3 heteroatoms. The smallest absolute Gasteiger partial charge is 0.319 e. The number of nitrogens with zero attached hydrogens (tertiary/aromatic N) is 2. The number of rotatable bonds is 3. The summed E-state index contributed by atoms with van der Waals surface area (Å²) in [6, 6.07) is 0.478. The Labute approximate surface area is 93.4 Å². The van der Waals surface area contributed by atoms with Crippen molar-refractivity contribution < 1.29 is 4.79 Å². The Balaban J connectivity index is 2.29. The molecule has 1 rings (SSSR count). The van der Waals surface area contributed by atoms with E-state index in [9.17, 15) is 4.79 Å². The van der Waals surface area contributed by atoms with Gasteiger partial charge in [0.2, 0.25) is 0 Å². The minimum atomic E-state index is 0.185. The molecule has 0 aromatic carbocycles. The summed E-state index contributed by atoms with van der Waals surface area (Å²) in [5.74, 6) is 1.48. The zero-order chi connectivity index (χ0) is 11.6. The normalized spacial score (nSPS) is 17.1. The van der Waals surface area contributed by atoms with Gasteiger partial charge in [-0.25, -0.2) is 4.79 Å². The molecule has 0 aliphatic carbocycles. The number of carbonyl (C=O) groups excluding carboxylic acids is 1. The van der Waals surface area contributed by atoms with Gasteiger partial charge in [0, 0.05) is 26.2 Å². The molecule has 0 aromatic heterocycles. The molecule has 1 saturated heterocycles. The van der Waals surface area contributed by atoms with Crippen molar-refractivity contribution in [2.45, 2.75) is 40.2 Å². The fraction of sp³-hybridized carbons (Fsp3) is 0.917. The quantitative estimate of drug-likeness (QED) is 0.705. The van der Waals surface area contributed by atoms with Gasteiger partial charge < -0.3 is 9.80 Å². The molecular weight excluding hydrogens is 188 g/mol.